The van der Waals surface area contributed by atoms with E-state index in [1.165, 1.54) is 11.1 Å². The van der Waals surface area contributed by atoms with E-state index in [1.54, 1.807) is 14.0 Å². The summed E-state index contributed by atoms with van der Waals surface area (Å²) < 4.78 is 0. The van der Waals surface area contributed by atoms with Crippen LogP contribution in [-0.4, -0.2) is 39.7 Å². The number of hydrazine groups is 1. The Morgan fingerprint density at radius 2 is 2.11 bits per heavy atom. The standard InChI is InChI=1S/C10H13N5O4/c1-5-8(9(17)15(2)13-5)14-19-4-6-3-7(16)12-10(18)11-6/h3,5,13H,4H2,1-2H3,(H2,11,12,16,18). The van der Waals surface area contributed by atoms with Gasteiger partial charge in [0.05, 0.1) is 11.7 Å². The third-order valence-electron chi connectivity index (χ3n) is 2.52. The molecule has 0 bridgehead atoms. The van der Waals surface area contributed by atoms with E-state index in [0.717, 1.165) is 0 Å². The molecule has 1 aliphatic rings. The Bertz CT molecular complexity index is 603. The van der Waals surface area contributed by atoms with Gasteiger partial charge in [-0.25, -0.2) is 10.2 Å². The molecule has 9 nitrogen and oxygen atoms in total. The van der Waals surface area contributed by atoms with Crippen LogP contribution in [0.25, 0.3) is 0 Å². The smallest absolute Gasteiger partial charge is 0.326 e. The molecule has 19 heavy (non-hydrogen) atoms. The van der Waals surface area contributed by atoms with E-state index in [0.29, 0.717) is 0 Å². The van der Waals surface area contributed by atoms with Gasteiger partial charge in [0, 0.05) is 13.1 Å². The highest BCUT2D eigenvalue weighted by molar-refractivity contribution is 6.41. The van der Waals surface area contributed by atoms with Gasteiger partial charge in [0.15, 0.2) is 12.3 Å². The summed E-state index contributed by atoms with van der Waals surface area (Å²) in [6.45, 7) is 1.66. The molecular weight excluding hydrogens is 254 g/mol. The third kappa shape index (κ3) is 2.88. The summed E-state index contributed by atoms with van der Waals surface area (Å²) in [5.74, 6) is -0.285. The maximum atomic E-state index is 11.6. The molecule has 9 heteroatoms. The van der Waals surface area contributed by atoms with Crippen LogP contribution in [0.3, 0.4) is 0 Å². The fourth-order valence-corrected chi connectivity index (χ4v) is 1.65. The topological polar surface area (TPSA) is 120 Å². The van der Waals surface area contributed by atoms with Crippen molar-refractivity contribution in [2.45, 2.75) is 19.6 Å². The molecule has 2 rings (SSSR count). The van der Waals surface area contributed by atoms with Crippen LogP contribution in [0, 0.1) is 0 Å². The summed E-state index contributed by atoms with van der Waals surface area (Å²) in [6.07, 6.45) is 0. The Kier molecular flexibility index (Phi) is 3.47. The lowest BCUT2D eigenvalue weighted by atomic mass is 10.2. The summed E-state index contributed by atoms with van der Waals surface area (Å²) in [5.41, 5.74) is 2.20. The van der Waals surface area contributed by atoms with Crippen LogP contribution >= 0.6 is 0 Å². The van der Waals surface area contributed by atoms with Crippen LogP contribution in [0.5, 0.6) is 0 Å². The van der Waals surface area contributed by atoms with Crippen molar-refractivity contribution >= 4 is 11.6 Å². The highest BCUT2D eigenvalue weighted by Crippen LogP contribution is 2.04. The van der Waals surface area contributed by atoms with Crippen LogP contribution in [-0.2, 0) is 16.2 Å². The van der Waals surface area contributed by atoms with Crippen LogP contribution < -0.4 is 16.7 Å². The van der Waals surface area contributed by atoms with Gasteiger partial charge in [0.25, 0.3) is 11.5 Å². The van der Waals surface area contributed by atoms with Crippen molar-refractivity contribution in [3.8, 4) is 0 Å². The van der Waals surface area contributed by atoms with Gasteiger partial charge in [-0.05, 0) is 6.92 Å². The maximum Gasteiger partial charge on any atom is 0.326 e. The molecule has 1 amide bonds. The summed E-state index contributed by atoms with van der Waals surface area (Å²) in [5, 5.41) is 5.03. The average Bonchev–Trinajstić information content (AvgIpc) is 2.54. The number of hydrogen-bond acceptors (Lipinski definition) is 6. The van der Waals surface area contributed by atoms with E-state index in [1.807, 2.05) is 4.98 Å². The summed E-state index contributed by atoms with van der Waals surface area (Å²) >= 11 is 0. The van der Waals surface area contributed by atoms with Gasteiger partial charge >= 0.3 is 5.69 Å². The van der Waals surface area contributed by atoms with Gasteiger partial charge in [-0.15, -0.1) is 0 Å². The molecule has 1 fully saturated rings. The van der Waals surface area contributed by atoms with Crippen molar-refractivity contribution in [3.63, 3.8) is 0 Å². The minimum atomic E-state index is -0.620. The van der Waals surface area contributed by atoms with Crippen molar-refractivity contribution in [2.24, 2.45) is 5.16 Å². The predicted octanol–water partition coefficient (Wildman–Crippen LogP) is -1.70. The van der Waals surface area contributed by atoms with E-state index in [4.69, 9.17) is 4.84 Å². The first kappa shape index (κ1) is 13.0. The van der Waals surface area contributed by atoms with E-state index in [2.05, 4.69) is 15.6 Å². The molecular formula is C10H13N5O4. The first-order valence-electron chi connectivity index (χ1n) is 5.54. The molecule has 3 N–H and O–H groups in total. The predicted molar refractivity (Wildman–Crippen MR) is 65.3 cm³/mol. The number of aromatic nitrogens is 2. The number of aromatic amines is 2. The van der Waals surface area contributed by atoms with Gasteiger partial charge in [-0.3, -0.25) is 19.6 Å². The van der Waals surface area contributed by atoms with Crippen LogP contribution in [0.2, 0.25) is 0 Å². The summed E-state index contributed by atoms with van der Waals surface area (Å²) in [4.78, 5) is 43.1. The van der Waals surface area contributed by atoms with Crippen molar-refractivity contribution < 1.29 is 9.63 Å². The van der Waals surface area contributed by atoms with Crippen molar-refractivity contribution in [1.29, 1.82) is 0 Å². The number of rotatable bonds is 3. The first-order chi connectivity index (χ1) is 8.97. The Balaban J connectivity index is 2.05. The normalized spacial score (nSPS) is 21.2. The zero-order valence-corrected chi connectivity index (χ0v) is 10.4. The molecule has 1 aliphatic heterocycles. The minimum absolute atomic E-state index is 0.105. The Labute approximate surface area is 107 Å². The second-order valence-electron chi connectivity index (χ2n) is 4.08. The zero-order chi connectivity index (χ0) is 14.0. The minimum Gasteiger partial charge on any atom is -0.389 e. The number of nitrogens with zero attached hydrogens (tertiary/aromatic N) is 2. The molecule has 2 heterocycles. The van der Waals surface area contributed by atoms with E-state index in [-0.39, 0.29) is 30.0 Å². The van der Waals surface area contributed by atoms with Crippen molar-refractivity contribution in [1.82, 2.24) is 20.4 Å². The van der Waals surface area contributed by atoms with E-state index in [9.17, 15) is 14.4 Å². The third-order valence-corrected chi connectivity index (χ3v) is 2.52. The maximum absolute atomic E-state index is 11.6. The lowest BCUT2D eigenvalue weighted by Gasteiger charge is -2.06. The van der Waals surface area contributed by atoms with E-state index < -0.39 is 11.2 Å². The number of oxime groups is 1. The number of carbonyl (C=O) groups excluding carboxylic acids is 1. The molecule has 1 aromatic heterocycles. The number of H-pyrrole nitrogens is 2. The molecule has 102 valence electrons. The molecule has 0 aliphatic carbocycles. The highest BCUT2D eigenvalue weighted by atomic mass is 16.6. The van der Waals surface area contributed by atoms with E-state index >= 15 is 0 Å². The average molecular weight is 267 g/mol. The van der Waals surface area contributed by atoms with Crippen LogP contribution in [0.15, 0.2) is 20.8 Å². The van der Waals surface area contributed by atoms with Gasteiger partial charge in [-0.2, -0.15) is 0 Å². The fraction of sp³-hybridized carbons (Fsp3) is 0.400. The largest absolute Gasteiger partial charge is 0.389 e. The Morgan fingerprint density at radius 1 is 1.37 bits per heavy atom. The molecule has 1 unspecified atom stereocenters. The number of carbonyl (C=O) groups is 1. The zero-order valence-electron chi connectivity index (χ0n) is 10.4. The van der Waals surface area contributed by atoms with Crippen LogP contribution in [0.4, 0.5) is 0 Å². The summed E-state index contributed by atoms with van der Waals surface area (Å²) in [6, 6.07) is 0.932. The number of nitrogens with one attached hydrogen (secondary N) is 3. The lowest BCUT2D eigenvalue weighted by molar-refractivity contribution is -0.123. The molecule has 1 saturated heterocycles. The molecule has 1 atom stereocenters. The van der Waals surface area contributed by atoms with Crippen molar-refractivity contribution in [3.05, 3.63) is 32.6 Å². The lowest BCUT2D eigenvalue weighted by Crippen LogP contribution is -2.32. The second kappa shape index (κ2) is 5.06. The summed E-state index contributed by atoms with van der Waals surface area (Å²) in [7, 11) is 1.58. The van der Waals surface area contributed by atoms with Gasteiger partial charge in [-0.1, -0.05) is 5.16 Å². The van der Waals surface area contributed by atoms with Crippen LogP contribution in [0.1, 0.15) is 12.6 Å². The number of amides is 1. The van der Waals surface area contributed by atoms with Gasteiger partial charge in [0.1, 0.15) is 0 Å². The molecule has 0 radical (unpaired) electrons. The van der Waals surface area contributed by atoms with Gasteiger partial charge < -0.3 is 9.82 Å². The number of hydrogen-bond donors (Lipinski definition) is 3. The molecule has 0 aromatic carbocycles. The SMILES string of the molecule is CC1NN(C)C(=O)C1=NOCc1cc(=O)[nH]c(=O)[nH]1. The van der Waals surface area contributed by atoms with Crippen molar-refractivity contribution in [2.75, 3.05) is 7.05 Å². The highest BCUT2D eigenvalue weighted by Gasteiger charge is 2.31. The Morgan fingerprint density at radius 3 is 2.68 bits per heavy atom. The fourth-order valence-electron chi connectivity index (χ4n) is 1.65. The second-order valence-corrected chi connectivity index (χ2v) is 4.08. The monoisotopic (exact) mass is 267 g/mol. The van der Waals surface area contributed by atoms with Gasteiger partial charge in [0.2, 0.25) is 0 Å². The molecule has 1 aromatic rings. The molecule has 0 saturated carbocycles. The Hall–Kier alpha value is -2.42. The first-order valence-corrected chi connectivity index (χ1v) is 5.54. The quantitative estimate of drug-likeness (QED) is 0.564. The molecule has 0 spiro atoms.